The van der Waals surface area contributed by atoms with Crippen LogP contribution in [0.4, 0.5) is 0 Å². The molecule has 124 valence electrons. The highest BCUT2D eigenvalue weighted by molar-refractivity contribution is 8.93. The van der Waals surface area contributed by atoms with E-state index in [1.54, 1.807) is 0 Å². The average molecular weight is 350 g/mol. The lowest BCUT2D eigenvalue weighted by atomic mass is 10.0. The summed E-state index contributed by atoms with van der Waals surface area (Å²) in [5.74, 6) is 0. The maximum Gasteiger partial charge on any atom is 0.00388 e. The van der Waals surface area contributed by atoms with Crippen LogP contribution < -0.4 is 5.73 Å². The van der Waals surface area contributed by atoms with E-state index in [4.69, 9.17) is 5.73 Å². The zero-order chi connectivity index (χ0) is 14.2. The molecule has 0 saturated carbocycles. The van der Waals surface area contributed by atoms with Gasteiger partial charge in [0.05, 0.1) is 0 Å². The molecule has 0 bridgehead atoms. The van der Waals surface area contributed by atoms with Crippen molar-refractivity contribution < 1.29 is 0 Å². The third-order valence-electron chi connectivity index (χ3n) is 4.11. The number of hydrogen-bond acceptors (Lipinski definition) is 1. The Morgan fingerprint density at radius 1 is 0.550 bits per heavy atom. The molecule has 0 aliphatic carbocycles. The Kier molecular flexibility index (Phi) is 22.1. The summed E-state index contributed by atoms with van der Waals surface area (Å²) < 4.78 is 0. The van der Waals surface area contributed by atoms with Crippen LogP contribution in [-0.4, -0.2) is 6.04 Å². The molecule has 20 heavy (non-hydrogen) atoms. The molecule has 0 heterocycles. The largest absolute Gasteiger partial charge is 0.328 e. The molecule has 0 aromatic carbocycles. The Morgan fingerprint density at radius 3 is 1.25 bits per heavy atom. The standard InChI is InChI=1S/C18H39N.BrH/c1-3-5-7-9-10-11-12-13-15-17-18(19)16-14-8-6-4-2;/h18H,3-17,19H2,1-2H3;1H. The molecular formula is C18H40BrN. The molecule has 1 unspecified atom stereocenters. The Balaban J connectivity index is 0. The van der Waals surface area contributed by atoms with Crippen molar-refractivity contribution in [2.45, 2.75) is 116 Å². The highest BCUT2D eigenvalue weighted by Crippen LogP contribution is 2.13. The topological polar surface area (TPSA) is 26.0 Å². The monoisotopic (exact) mass is 349 g/mol. The van der Waals surface area contributed by atoms with Crippen molar-refractivity contribution in [3.63, 3.8) is 0 Å². The van der Waals surface area contributed by atoms with E-state index in [1.807, 2.05) is 0 Å². The summed E-state index contributed by atoms with van der Waals surface area (Å²) in [7, 11) is 0. The molecule has 0 aromatic heterocycles. The van der Waals surface area contributed by atoms with Gasteiger partial charge in [0.2, 0.25) is 0 Å². The van der Waals surface area contributed by atoms with Gasteiger partial charge in [-0.2, -0.15) is 0 Å². The van der Waals surface area contributed by atoms with Crippen molar-refractivity contribution in [3.8, 4) is 0 Å². The van der Waals surface area contributed by atoms with Gasteiger partial charge in [-0.1, -0.05) is 97.3 Å². The van der Waals surface area contributed by atoms with Crippen molar-refractivity contribution in [1.82, 2.24) is 0 Å². The maximum absolute atomic E-state index is 6.15. The normalized spacial score (nSPS) is 12.2. The highest BCUT2D eigenvalue weighted by atomic mass is 79.9. The fourth-order valence-corrected chi connectivity index (χ4v) is 2.69. The zero-order valence-electron chi connectivity index (χ0n) is 14.2. The lowest BCUT2D eigenvalue weighted by Gasteiger charge is -2.11. The van der Waals surface area contributed by atoms with Gasteiger partial charge in [-0.05, 0) is 12.8 Å². The number of hydrogen-bond donors (Lipinski definition) is 1. The van der Waals surface area contributed by atoms with Gasteiger partial charge in [-0.15, -0.1) is 17.0 Å². The third-order valence-corrected chi connectivity index (χ3v) is 4.11. The molecule has 0 saturated heterocycles. The predicted octanol–water partition coefficient (Wildman–Crippen LogP) is 6.78. The molecule has 0 rings (SSSR count). The summed E-state index contributed by atoms with van der Waals surface area (Å²) in [4.78, 5) is 0. The fraction of sp³-hybridized carbons (Fsp3) is 1.00. The number of nitrogens with two attached hydrogens (primary N) is 1. The summed E-state index contributed by atoms with van der Waals surface area (Å²) in [6, 6.07) is 0.474. The van der Waals surface area contributed by atoms with Crippen LogP contribution in [0.2, 0.25) is 0 Å². The minimum Gasteiger partial charge on any atom is -0.328 e. The second-order valence-electron chi connectivity index (χ2n) is 6.23. The Hall–Kier alpha value is 0.440. The first-order valence-electron chi connectivity index (χ1n) is 9.06. The number of unbranched alkanes of at least 4 members (excludes halogenated alkanes) is 11. The first kappa shape index (κ1) is 22.7. The Labute approximate surface area is 139 Å². The van der Waals surface area contributed by atoms with Crippen LogP contribution in [0.3, 0.4) is 0 Å². The molecule has 0 aliphatic heterocycles. The number of halogens is 1. The van der Waals surface area contributed by atoms with Crippen LogP contribution in [0, 0.1) is 0 Å². The van der Waals surface area contributed by atoms with Gasteiger partial charge in [0.15, 0.2) is 0 Å². The molecule has 0 fully saturated rings. The van der Waals surface area contributed by atoms with Gasteiger partial charge in [0.1, 0.15) is 0 Å². The molecule has 0 radical (unpaired) electrons. The average Bonchev–Trinajstić information content (AvgIpc) is 2.42. The second-order valence-corrected chi connectivity index (χ2v) is 6.23. The van der Waals surface area contributed by atoms with Crippen LogP contribution in [-0.2, 0) is 0 Å². The molecule has 1 nitrogen and oxygen atoms in total. The molecule has 0 aromatic rings. The van der Waals surface area contributed by atoms with Crippen LogP contribution in [0.25, 0.3) is 0 Å². The summed E-state index contributed by atoms with van der Waals surface area (Å²) in [5.41, 5.74) is 6.15. The minimum absolute atomic E-state index is 0. The molecule has 0 amide bonds. The fourth-order valence-electron chi connectivity index (χ4n) is 2.69. The van der Waals surface area contributed by atoms with Crippen LogP contribution in [0.5, 0.6) is 0 Å². The summed E-state index contributed by atoms with van der Waals surface area (Å²) in [6.45, 7) is 4.55. The van der Waals surface area contributed by atoms with Crippen molar-refractivity contribution in [3.05, 3.63) is 0 Å². The highest BCUT2D eigenvalue weighted by Gasteiger charge is 2.01. The van der Waals surface area contributed by atoms with Crippen LogP contribution >= 0.6 is 17.0 Å². The van der Waals surface area contributed by atoms with Crippen LogP contribution in [0.1, 0.15) is 110 Å². The Morgan fingerprint density at radius 2 is 0.850 bits per heavy atom. The van der Waals surface area contributed by atoms with Gasteiger partial charge in [-0.3, -0.25) is 0 Å². The second kappa shape index (κ2) is 19.4. The van der Waals surface area contributed by atoms with E-state index in [0.29, 0.717) is 6.04 Å². The predicted molar refractivity (Wildman–Crippen MR) is 98.9 cm³/mol. The molecular weight excluding hydrogens is 310 g/mol. The van der Waals surface area contributed by atoms with E-state index < -0.39 is 0 Å². The summed E-state index contributed by atoms with van der Waals surface area (Å²) in [6.07, 6.45) is 20.7. The first-order chi connectivity index (χ1) is 9.31. The first-order valence-corrected chi connectivity index (χ1v) is 9.06. The quantitative estimate of drug-likeness (QED) is 0.324. The van der Waals surface area contributed by atoms with E-state index in [0.717, 1.165) is 0 Å². The molecule has 0 spiro atoms. The maximum atomic E-state index is 6.15. The number of rotatable bonds is 15. The smallest absolute Gasteiger partial charge is 0.00388 e. The lowest BCUT2D eigenvalue weighted by Crippen LogP contribution is -2.19. The molecule has 1 atom stereocenters. The van der Waals surface area contributed by atoms with E-state index in [-0.39, 0.29) is 17.0 Å². The van der Waals surface area contributed by atoms with E-state index in [2.05, 4.69) is 13.8 Å². The van der Waals surface area contributed by atoms with Gasteiger partial charge < -0.3 is 5.73 Å². The van der Waals surface area contributed by atoms with Gasteiger partial charge >= 0.3 is 0 Å². The summed E-state index contributed by atoms with van der Waals surface area (Å²) in [5, 5.41) is 0. The SMILES string of the molecule is Br.CCCCCCCCCCCC(N)CCCCCC. The van der Waals surface area contributed by atoms with E-state index in [9.17, 15) is 0 Å². The molecule has 2 N–H and O–H groups in total. The summed E-state index contributed by atoms with van der Waals surface area (Å²) >= 11 is 0. The third kappa shape index (κ3) is 18.4. The minimum atomic E-state index is 0. The van der Waals surface area contributed by atoms with Crippen molar-refractivity contribution >= 4 is 17.0 Å². The van der Waals surface area contributed by atoms with Gasteiger partial charge in [-0.25, -0.2) is 0 Å². The van der Waals surface area contributed by atoms with E-state index >= 15 is 0 Å². The van der Waals surface area contributed by atoms with Crippen molar-refractivity contribution in [2.24, 2.45) is 5.73 Å². The lowest BCUT2D eigenvalue weighted by molar-refractivity contribution is 0.485. The van der Waals surface area contributed by atoms with Crippen molar-refractivity contribution in [1.29, 1.82) is 0 Å². The zero-order valence-corrected chi connectivity index (χ0v) is 15.9. The van der Waals surface area contributed by atoms with Crippen molar-refractivity contribution in [2.75, 3.05) is 0 Å². The molecule has 0 aliphatic rings. The van der Waals surface area contributed by atoms with Gasteiger partial charge in [0, 0.05) is 6.04 Å². The Bertz CT molecular complexity index is 161. The van der Waals surface area contributed by atoms with Gasteiger partial charge in [0.25, 0.3) is 0 Å². The van der Waals surface area contributed by atoms with E-state index in [1.165, 1.54) is 96.3 Å². The molecule has 2 heteroatoms. The van der Waals surface area contributed by atoms with Crippen LogP contribution in [0.15, 0.2) is 0 Å².